The van der Waals surface area contributed by atoms with E-state index in [4.69, 9.17) is 17.0 Å². The molecule has 0 spiro atoms. The van der Waals surface area contributed by atoms with Crippen LogP contribution in [-0.4, -0.2) is 16.7 Å². The van der Waals surface area contributed by atoms with E-state index in [1.165, 1.54) is 19.6 Å². The van der Waals surface area contributed by atoms with Crippen molar-refractivity contribution < 1.29 is 9.13 Å². The van der Waals surface area contributed by atoms with Crippen LogP contribution in [-0.2, 0) is 0 Å². The first-order chi connectivity index (χ1) is 9.52. The molecule has 1 aliphatic rings. The van der Waals surface area contributed by atoms with Gasteiger partial charge in [-0.25, -0.2) is 4.39 Å². The highest BCUT2D eigenvalue weighted by Crippen LogP contribution is 2.41. The summed E-state index contributed by atoms with van der Waals surface area (Å²) < 4.78 is 21.7. The van der Waals surface area contributed by atoms with Crippen molar-refractivity contribution in [1.29, 1.82) is 0 Å². The minimum atomic E-state index is -0.365. The third-order valence-electron chi connectivity index (χ3n) is 4.74. The molecule has 3 rings (SSSR count). The Labute approximate surface area is 122 Å². The van der Waals surface area contributed by atoms with Crippen molar-refractivity contribution in [3.8, 4) is 5.75 Å². The summed E-state index contributed by atoms with van der Waals surface area (Å²) in [6.45, 7) is 4.55. The van der Waals surface area contributed by atoms with E-state index in [0.717, 1.165) is 17.5 Å². The van der Waals surface area contributed by atoms with Crippen LogP contribution in [0.15, 0.2) is 12.1 Å². The fourth-order valence-corrected chi connectivity index (χ4v) is 3.66. The van der Waals surface area contributed by atoms with E-state index in [0.29, 0.717) is 22.6 Å². The molecule has 1 N–H and O–H groups in total. The maximum absolute atomic E-state index is 13.8. The molecule has 2 aromatic rings. The van der Waals surface area contributed by atoms with Crippen molar-refractivity contribution >= 4 is 23.3 Å². The van der Waals surface area contributed by atoms with Gasteiger partial charge >= 0.3 is 0 Å². The zero-order valence-electron chi connectivity index (χ0n) is 11.9. The molecule has 0 radical (unpaired) electrons. The SMILES string of the molecule is COc1cc2c(cc1F)[nH]c(=S)n2C1CCC(C)C1C. The normalized spacial score (nSPS) is 26.3. The second kappa shape index (κ2) is 4.88. The molecule has 1 saturated carbocycles. The van der Waals surface area contributed by atoms with Crippen LogP contribution in [0.3, 0.4) is 0 Å². The summed E-state index contributed by atoms with van der Waals surface area (Å²) in [7, 11) is 1.48. The minimum Gasteiger partial charge on any atom is -0.494 e. The molecule has 5 heteroatoms. The van der Waals surface area contributed by atoms with Crippen molar-refractivity contribution in [1.82, 2.24) is 9.55 Å². The van der Waals surface area contributed by atoms with E-state index in [1.807, 2.05) is 0 Å². The lowest BCUT2D eigenvalue weighted by Gasteiger charge is -2.20. The number of hydrogen-bond donors (Lipinski definition) is 1. The van der Waals surface area contributed by atoms with Crippen LogP contribution in [0, 0.1) is 22.4 Å². The zero-order valence-corrected chi connectivity index (χ0v) is 12.8. The van der Waals surface area contributed by atoms with E-state index in [2.05, 4.69) is 23.4 Å². The molecule has 0 aliphatic heterocycles. The molecule has 108 valence electrons. The third-order valence-corrected chi connectivity index (χ3v) is 5.04. The molecular weight excluding hydrogens is 275 g/mol. The monoisotopic (exact) mass is 294 g/mol. The number of imidazole rings is 1. The van der Waals surface area contributed by atoms with E-state index < -0.39 is 0 Å². The summed E-state index contributed by atoms with van der Waals surface area (Å²) in [5, 5.41) is 0. The van der Waals surface area contributed by atoms with E-state index >= 15 is 0 Å². The zero-order chi connectivity index (χ0) is 14.4. The molecule has 1 aliphatic carbocycles. The molecule has 1 aromatic heterocycles. The Hall–Kier alpha value is -1.36. The molecule has 3 atom stereocenters. The summed E-state index contributed by atoms with van der Waals surface area (Å²) in [6, 6.07) is 3.58. The smallest absolute Gasteiger partial charge is 0.178 e. The highest BCUT2D eigenvalue weighted by atomic mass is 32.1. The number of aromatic amines is 1. The van der Waals surface area contributed by atoms with Gasteiger partial charge in [0, 0.05) is 18.2 Å². The maximum atomic E-state index is 13.8. The highest BCUT2D eigenvalue weighted by molar-refractivity contribution is 7.71. The highest BCUT2D eigenvalue weighted by Gasteiger charge is 2.32. The van der Waals surface area contributed by atoms with Crippen LogP contribution < -0.4 is 4.74 Å². The van der Waals surface area contributed by atoms with Crippen LogP contribution in [0.4, 0.5) is 4.39 Å². The Bertz CT molecular complexity index is 706. The predicted octanol–water partition coefficient (Wildman–Crippen LogP) is 4.45. The number of methoxy groups -OCH3 is 1. The first-order valence-corrected chi connectivity index (χ1v) is 7.41. The van der Waals surface area contributed by atoms with Crippen LogP contribution in [0.25, 0.3) is 11.0 Å². The first kappa shape index (κ1) is 13.6. The van der Waals surface area contributed by atoms with Gasteiger partial charge in [0.05, 0.1) is 18.1 Å². The molecule has 0 saturated heterocycles. The molecule has 1 fully saturated rings. The topological polar surface area (TPSA) is 29.9 Å². The molecule has 1 aromatic carbocycles. The lowest BCUT2D eigenvalue weighted by Crippen LogP contribution is -2.14. The summed E-state index contributed by atoms with van der Waals surface area (Å²) in [5.74, 6) is 1.15. The standard InChI is InChI=1S/C15H19FN2OS/c1-8-4-5-12(9(8)2)18-13-7-14(19-3)10(16)6-11(13)17-15(18)20/h6-9,12H,4-5H2,1-3H3,(H,17,20). The van der Waals surface area contributed by atoms with Gasteiger partial charge in [0.1, 0.15) is 0 Å². The van der Waals surface area contributed by atoms with E-state index in [1.54, 1.807) is 6.07 Å². The fraction of sp³-hybridized carbons (Fsp3) is 0.533. The summed E-state index contributed by atoms with van der Waals surface area (Å²) in [5.41, 5.74) is 1.67. The van der Waals surface area contributed by atoms with Gasteiger partial charge in [-0.1, -0.05) is 13.8 Å². The number of halogens is 1. The average molecular weight is 294 g/mol. The molecule has 20 heavy (non-hydrogen) atoms. The largest absolute Gasteiger partial charge is 0.494 e. The van der Waals surface area contributed by atoms with Gasteiger partial charge in [-0.15, -0.1) is 0 Å². The first-order valence-electron chi connectivity index (χ1n) is 7.00. The van der Waals surface area contributed by atoms with Gasteiger partial charge in [-0.05, 0) is 36.9 Å². The number of H-pyrrole nitrogens is 1. The lowest BCUT2D eigenvalue weighted by molar-refractivity contribution is 0.355. The quantitative estimate of drug-likeness (QED) is 0.829. The van der Waals surface area contributed by atoms with Crippen LogP contribution in [0.1, 0.15) is 32.7 Å². The Morgan fingerprint density at radius 1 is 1.35 bits per heavy atom. The lowest BCUT2D eigenvalue weighted by atomic mass is 9.97. The number of ether oxygens (including phenoxy) is 1. The Morgan fingerprint density at radius 2 is 2.10 bits per heavy atom. The van der Waals surface area contributed by atoms with Gasteiger partial charge in [0.2, 0.25) is 0 Å². The molecule has 3 unspecified atom stereocenters. The van der Waals surface area contributed by atoms with Gasteiger partial charge in [0.15, 0.2) is 16.3 Å². The summed E-state index contributed by atoms with van der Waals surface area (Å²) >= 11 is 5.45. The molecule has 0 amide bonds. The summed E-state index contributed by atoms with van der Waals surface area (Å²) in [4.78, 5) is 3.11. The van der Waals surface area contributed by atoms with Gasteiger partial charge in [0.25, 0.3) is 0 Å². The fourth-order valence-electron chi connectivity index (χ4n) is 3.32. The van der Waals surface area contributed by atoms with Crippen molar-refractivity contribution in [3.63, 3.8) is 0 Å². The van der Waals surface area contributed by atoms with E-state index in [9.17, 15) is 4.39 Å². The summed E-state index contributed by atoms with van der Waals surface area (Å²) in [6.07, 6.45) is 2.32. The third kappa shape index (κ3) is 1.95. The van der Waals surface area contributed by atoms with Crippen molar-refractivity contribution in [2.45, 2.75) is 32.7 Å². The molecular formula is C15H19FN2OS. The number of fused-ring (bicyclic) bond motifs is 1. The van der Waals surface area contributed by atoms with Crippen LogP contribution >= 0.6 is 12.2 Å². The second-order valence-corrected chi connectivity index (χ2v) is 6.17. The number of rotatable bonds is 2. The number of nitrogens with zero attached hydrogens (tertiary/aromatic N) is 1. The van der Waals surface area contributed by atoms with Crippen LogP contribution in [0.2, 0.25) is 0 Å². The Balaban J connectivity index is 2.20. The number of benzene rings is 1. The molecule has 0 bridgehead atoms. The predicted molar refractivity (Wildman–Crippen MR) is 80.2 cm³/mol. The number of aromatic nitrogens is 2. The van der Waals surface area contributed by atoms with Gasteiger partial charge < -0.3 is 14.3 Å². The van der Waals surface area contributed by atoms with E-state index in [-0.39, 0.29) is 11.6 Å². The Morgan fingerprint density at radius 3 is 2.70 bits per heavy atom. The minimum absolute atomic E-state index is 0.263. The Kier molecular flexibility index (Phi) is 3.32. The number of hydrogen-bond acceptors (Lipinski definition) is 2. The average Bonchev–Trinajstić information content (AvgIpc) is 2.89. The molecule has 1 heterocycles. The maximum Gasteiger partial charge on any atom is 0.178 e. The van der Waals surface area contributed by atoms with Crippen molar-refractivity contribution in [3.05, 3.63) is 22.7 Å². The second-order valence-electron chi connectivity index (χ2n) is 5.79. The van der Waals surface area contributed by atoms with Gasteiger partial charge in [-0.3, -0.25) is 0 Å². The van der Waals surface area contributed by atoms with Crippen LogP contribution in [0.5, 0.6) is 5.75 Å². The van der Waals surface area contributed by atoms with Crippen molar-refractivity contribution in [2.24, 2.45) is 11.8 Å². The molecule has 3 nitrogen and oxygen atoms in total. The van der Waals surface area contributed by atoms with Gasteiger partial charge in [-0.2, -0.15) is 0 Å². The number of nitrogens with one attached hydrogen (secondary N) is 1. The van der Waals surface area contributed by atoms with Crippen molar-refractivity contribution in [2.75, 3.05) is 7.11 Å².